The number of aromatic hydroxyl groups is 3. The van der Waals surface area contributed by atoms with E-state index in [0.717, 1.165) is 32.1 Å². The van der Waals surface area contributed by atoms with Gasteiger partial charge in [0, 0.05) is 37.6 Å². The molecule has 51 heavy (non-hydrogen) atoms. The molecule has 16 nitrogen and oxygen atoms in total. The molecule has 5 N–H and O–H groups in total. The molecule has 1 aromatic heterocycles. The first-order chi connectivity index (χ1) is 24.2. The number of carbonyl (C=O) groups excluding carboxylic acids is 3. The van der Waals surface area contributed by atoms with E-state index in [0.29, 0.717) is 5.56 Å². The molecule has 0 aliphatic carbocycles. The Kier molecular flexibility index (Phi) is 10.8. The van der Waals surface area contributed by atoms with Crippen molar-refractivity contribution in [3.63, 3.8) is 0 Å². The highest BCUT2D eigenvalue weighted by molar-refractivity contribution is 5.92. The zero-order valence-corrected chi connectivity index (χ0v) is 27.2. The summed E-state index contributed by atoms with van der Waals surface area (Å²) in [5, 5.41) is 51.7. The second-order valence-electron chi connectivity index (χ2n) is 11.2. The first-order valence-electron chi connectivity index (χ1n) is 15.1. The summed E-state index contributed by atoms with van der Waals surface area (Å²) < 4.78 is 38.1. The maximum atomic E-state index is 14.0. The minimum absolute atomic E-state index is 0.0964. The van der Waals surface area contributed by atoms with Crippen LogP contribution < -0.4 is 19.6 Å². The van der Waals surface area contributed by atoms with Crippen LogP contribution in [-0.2, 0) is 28.6 Å². The number of esters is 3. The number of benzene rings is 3. The third-order valence-electron chi connectivity index (χ3n) is 7.50. The first kappa shape index (κ1) is 36.2. The van der Waals surface area contributed by atoms with E-state index >= 15 is 0 Å². The van der Waals surface area contributed by atoms with Gasteiger partial charge in [-0.1, -0.05) is 6.07 Å². The summed E-state index contributed by atoms with van der Waals surface area (Å²) >= 11 is 0. The summed E-state index contributed by atoms with van der Waals surface area (Å²) in [6.07, 6.45) is -6.00. The number of hydrogen-bond acceptors (Lipinski definition) is 16. The molecule has 0 radical (unpaired) electrons. The summed E-state index contributed by atoms with van der Waals surface area (Å²) in [7, 11) is 1.37. The summed E-state index contributed by atoms with van der Waals surface area (Å²) in [6.45, 7) is 1.59. The smallest absolute Gasteiger partial charge is 0.336 e. The fourth-order valence-electron chi connectivity index (χ4n) is 5.11. The highest BCUT2D eigenvalue weighted by Gasteiger charge is 2.49. The number of fused-ring (bicyclic) bond motifs is 1. The molecule has 3 aromatic carbocycles. The molecule has 0 spiro atoms. The van der Waals surface area contributed by atoms with Crippen molar-refractivity contribution in [2.45, 2.75) is 44.6 Å². The van der Waals surface area contributed by atoms with Crippen LogP contribution in [0.2, 0.25) is 0 Å². The topological polar surface area (TPSA) is 238 Å². The van der Waals surface area contributed by atoms with Gasteiger partial charge in [-0.2, -0.15) is 0 Å². The Bertz CT molecular complexity index is 2030. The monoisotopic (exact) mass is 708 g/mol. The second-order valence-corrected chi connectivity index (χ2v) is 11.2. The molecule has 0 unspecified atom stereocenters. The van der Waals surface area contributed by atoms with Crippen LogP contribution in [0.25, 0.3) is 28.4 Å². The molecule has 268 valence electrons. The van der Waals surface area contributed by atoms with Crippen molar-refractivity contribution in [1.29, 1.82) is 0 Å². The average molecular weight is 709 g/mol. The van der Waals surface area contributed by atoms with Crippen molar-refractivity contribution in [3.05, 3.63) is 76.5 Å². The Labute approximate surface area is 288 Å². The van der Waals surface area contributed by atoms with E-state index in [1.807, 2.05) is 0 Å². The molecular weight excluding hydrogens is 676 g/mol. The van der Waals surface area contributed by atoms with E-state index in [2.05, 4.69) is 0 Å². The molecule has 0 amide bonds. The van der Waals surface area contributed by atoms with E-state index in [4.69, 9.17) is 32.8 Å². The maximum absolute atomic E-state index is 14.0. The zero-order valence-electron chi connectivity index (χ0n) is 27.2. The van der Waals surface area contributed by atoms with Crippen LogP contribution in [0.15, 0.2) is 69.9 Å². The Balaban J connectivity index is 1.54. The van der Waals surface area contributed by atoms with E-state index < -0.39 is 77.5 Å². The maximum Gasteiger partial charge on any atom is 0.336 e. The number of ether oxygens (including phenoxy) is 6. The molecule has 0 saturated carbocycles. The molecule has 5 rings (SSSR count). The molecule has 5 atom stereocenters. The number of aliphatic hydroxyl groups excluding tert-OH is 2. The van der Waals surface area contributed by atoms with E-state index in [1.54, 1.807) is 0 Å². The lowest BCUT2D eigenvalue weighted by atomic mass is 9.99. The number of methoxy groups -OCH3 is 1. The van der Waals surface area contributed by atoms with Crippen LogP contribution in [0.5, 0.6) is 34.5 Å². The molecule has 1 fully saturated rings. The van der Waals surface area contributed by atoms with E-state index in [9.17, 15) is 44.7 Å². The van der Waals surface area contributed by atoms with Gasteiger partial charge in [0.25, 0.3) is 0 Å². The highest BCUT2D eigenvalue weighted by atomic mass is 16.7. The average Bonchev–Trinajstić information content (AvgIpc) is 3.08. The van der Waals surface area contributed by atoms with E-state index in [1.165, 1.54) is 55.7 Å². The van der Waals surface area contributed by atoms with Crippen molar-refractivity contribution >= 4 is 35.0 Å². The van der Waals surface area contributed by atoms with Crippen molar-refractivity contribution in [3.8, 4) is 45.8 Å². The number of aliphatic hydroxyl groups is 2. The van der Waals surface area contributed by atoms with Crippen LogP contribution in [0.3, 0.4) is 0 Å². The lowest BCUT2D eigenvalue weighted by molar-refractivity contribution is -0.282. The zero-order chi connectivity index (χ0) is 37.0. The lowest BCUT2D eigenvalue weighted by Crippen LogP contribution is -2.61. The predicted molar refractivity (Wildman–Crippen MR) is 174 cm³/mol. The largest absolute Gasteiger partial charge is 0.508 e. The normalized spacial score (nSPS) is 20.1. The molecule has 1 aliphatic heterocycles. The van der Waals surface area contributed by atoms with Gasteiger partial charge in [-0.3, -0.25) is 14.4 Å². The van der Waals surface area contributed by atoms with Crippen molar-refractivity contribution < 1.29 is 72.8 Å². The van der Waals surface area contributed by atoms with Crippen LogP contribution >= 0.6 is 0 Å². The summed E-state index contributed by atoms with van der Waals surface area (Å²) in [6, 6.07) is 11.8. The molecule has 1 saturated heterocycles. The van der Waals surface area contributed by atoms with E-state index in [-0.39, 0.29) is 39.9 Å². The summed E-state index contributed by atoms with van der Waals surface area (Å²) in [5.41, 5.74) is -0.599. The van der Waals surface area contributed by atoms with Gasteiger partial charge in [0.05, 0.1) is 7.11 Å². The fourth-order valence-corrected chi connectivity index (χ4v) is 5.11. The Morgan fingerprint density at radius 3 is 2.29 bits per heavy atom. The van der Waals surface area contributed by atoms with Gasteiger partial charge in [-0.15, -0.1) is 0 Å². The molecule has 2 heterocycles. The summed E-state index contributed by atoms with van der Waals surface area (Å²) in [5.74, 6) is -4.37. The SMILES string of the molecule is COc1cc(/C=C/C(=O)Oc2cc(O)c3c(=O)c(O[C@@H]4O[C@H](COC(C)=O)[C@@H](O)[C@H](O)[C@H]4OC(C)=O)c(-c4ccc(O)cc4)oc3c2)ccc1O. The molecule has 0 bridgehead atoms. The number of phenols is 3. The van der Waals surface area contributed by atoms with Gasteiger partial charge in [0.1, 0.15) is 53.1 Å². The van der Waals surface area contributed by atoms with Gasteiger partial charge in [0.2, 0.25) is 17.5 Å². The number of phenolic OH excluding ortho intramolecular Hbond substituents is 3. The Morgan fingerprint density at radius 1 is 0.902 bits per heavy atom. The minimum Gasteiger partial charge on any atom is -0.508 e. The minimum atomic E-state index is -1.84. The van der Waals surface area contributed by atoms with Gasteiger partial charge in [-0.05, 0) is 48.0 Å². The van der Waals surface area contributed by atoms with Crippen molar-refractivity contribution in [1.82, 2.24) is 0 Å². The molecule has 4 aromatic rings. The third kappa shape index (κ3) is 8.21. The Morgan fingerprint density at radius 2 is 1.63 bits per heavy atom. The Hall–Kier alpha value is -6.10. The quantitative estimate of drug-likeness (QED) is 0.0904. The number of hydrogen-bond donors (Lipinski definition) is 5. The number of carbonyl (C=O) groups is 3. The van der Waals surface area contributed by atoms with Gasteiger partial charge in [0.15, 0.2) is 23.4 Å². The lowest BCUT2D eigenvalue weighted by Gasteiger charge is -2.41. The standard InChI is InChI=1S/C35H32O16/c1-16(36)46-15-26-29(42)31(44)34(47-17(2)37)35(50-26)51-33-30(43)28-23(40)13-21(14-25(28)49-32(33)19-6-8-20(38)9-7-19)48-27(41)11-5-18-4-10-22(39)24(12-18)45-3/h4-14,26,29,31,34-35,38-40,42,44H,15H2,1-3H3/b11-5+/t26-,29-,31+,34-,35+/m1/s1. The fraction of sp³-hybridized carbons (Fsp3) is 0.257. The first-order valence-corrected chi connectivity index (χ1v) is 15.1. The van der Waals surface area contributed by atoms with Crippen LogP contribution in [-0.4, -0.2) is 87.9 Å². The van der Waals surface area contributed by atoms with Gasteiger partial charge >= 0.3 is 17.9 Å². The van der Waals surface area contributed by atoms with Gasteiger partial charge in [-0.25, -0.2) is 4.79 Å². The predicted octanol–water partition coefficient (Wildman–Crippen LogP) is 2.52. The highest BCUT2D eigenvalue weighted by Crippen LogP contribution is 2.38. The van der Waals surface area contributed by atoms with Crippen LogP contribution in [0.4, 0.5) is 0 Å². The van der Waals surface area contributed by atoms with Gasteiger partial charge < -0.3 is 58.4 Å². The molecular formula is C35H32O16. The molecule has 1 aliphatic rings. The van der Waals surface area contributed by atoms with Crippen molar-refractivity contribution in [2.24, 2.45) is 0 Å². The summed E-state index contributed by atoms with van der Waals surface area (Å²) in [4.78, 5) is 50.1. The molecule has 16 heteroatoms. The third-order valence-corrected chi connectivity index (χ3v) is 7.50. The van der Waals surface area contributed by atoms with Crippen LogP contribution in [0, 0.1) is 0 Å². The second kappa shape index (κ2) is 15.2. The van der Waals surface area contributed by atoms with Crippen molar-refractivity contribution in [2.75, 3.05) is 13.7 Å². The number of rotatable bonds is 10. The van der Waals surface area contributed by atoms with Crippen LogP contribution in [0.1, 0.15) is 19.4 Å².